The Morgan fingerprint density at radius 3 is 2.77 bits per heavy atom. The minimum Gasteiger partial charge on any atom is -0.349 e. The Kier molecular flexibility index (Phi) is 4.09. The van der Waals surface area contributed by atoms with Crippen LogP contribution in [0.2, 0.25) is 0 Å². The summed E-state index contributed by atoms with van der Waals surface area (Å²) in [5.41, 5.74) is 1.23. The topological polar surface area (TPSA) is 54.3 Å². The van der Waals surface area contributed by atoms with Gasteiger partial charge in [-0.05, 0) is 18.2 Å². The maximum Gasteiger partial charge on any atom is 0.225 e. The van der Waals surface area contributed by atoms with Gasteiger partial charge in [0.25, 0.3) is 0 Å². The van der Waals surface area contributed by atoms with Crippen molar-refractivity contribution >= 4 is 11.9 Å². The van der Waals surface area contributed by atoms with Gasteiger partial charge in [0.1, 0.15) is 0 Å². The maximum absolute atomic E-state index is 12.1. The largest absolute Gasteiger partial charge is 0.349 e. The first kappa shape index (κ1) is 14.6. The number of fused-ring (bicyclic) bond motifs is 1. The van der Waals surface area contributed by atoms with E-state index in [0.717, 1.165) is 25.6 Å². The SMILES string of the molecule is CN(C)C(=O)C[C@H]1CN(c2ncccn2)Cc2cccn2C1. The Bertz CT molecular complexity index is 637. The second kappa shape index (κ2) is 6.17. The van der Waals surface area contributed by atoms with Gasteiger partial charge in [0.05, 0.1) is 6.54 Å². The normalized spacial score (nSPS) is 17.7. The van der Waals surface area contributed by atoms with Crippen LogP contribution in [0.5, 0.6) is 0 Å². The predicted molar refractivity (Wildman–Crippen MR) is 84.3 cm³/mol. The second-order valence-corrected chi connectivity index (χ2v) is 5.94. The van der Waals surface area contributed by atoms with Crippen molar-refractivity contribution in [3.05, 3.63) is 42.5 Å². The highest BCUT2D eigenvalue weighted by atomic mass is 16.2. The fourth-order valence-electron chi connectivity index (χ4n) is 2.84. The summed E-state index contributed by atoms with van der Waals surface area (Å²) in [4.78, 5) is 24.6. The Hall–Kier alpha value is -2.37. The van der Waals surface area contributed by atoms with Crippen LogP contribution in [0, 0.1) is 5.92 Å². The van der Waals surface area contributed by atoms with E-state index in [-0.39, 0.29) is 11.8 Å². The van der Waals surface area contributed by atoms with E-state index < -0.39 is 0 Å². The molecule has 3 heterocycles. The van der Waals surface area contributed by atoms with E-state index in [1.165, 1.54) is 5.69 Å². The predicted octanol–water partition coefficient (Wildman–Crippen LogP) is 1.39. The highest BCUT2D eigenvalue weighted by Crippen LogP contribution is 2.22. The van der Waals surface area contributed by atoms with Crippen LogP contribution in [-0.2, 0) is 17.9 Å². The van der Waals surface area contributed by atoms with E-state index in [2.05, 4.69) is 37.8 Å². The number of hydrogen-bond acceptors (Lipinski definition) is 4. The van der Waals surface area contributed by atoms with Gasteiger partial charge in [-0.15, -0.1) is 0 Å². The van der Waals surface area contributed by atoms with Gasteiger partial charge >= 0.3 is 0 Å². The van der Waals surface area contributed by atoms with Gasteiger partial charge in [0.15, 0.2) is 0 Å². The molecule has 0 N–H and O–H groups in total. The van der Waals surface area contributed by atoms with Gasteiger partial charge in [-0.2, -0.15) is 0 Å². The molecule has 0 bridgehead atoms. The summed E-state index contributed by atoms with van der Waals surface area (Å²) >= 11 is 0. The van der Waals surface area contributed by atoms with Crippen molar-refractivity contribution in [2.75, 3.05) is 25.5 Å². The lowest BCUT2D eigenvalue weighted by Crippen LogP contribution is -2.33. The molecule has 0 saturated heterocycles. The fraction of sp³-hybridized carbons (Fsp3) is 0.438. The molecular weight excluding hydrogens is 278 g/mol. The molecule has 116 valence electrons. The average molecular weight is 299 g/mol. The molecule has 0 saturated carbocycles. The standard InChI is InChI=1S/C16H21N5O/c1-19(2)15(22)9-13-10-20-8-3-5-14(20)12-21(11-13)16-17-6-4-7-18-16/h3-8,13H,9-12H2,1-2H3/t13-/m1/s1. The number of aromatic nitrogens is 3. The maximum atomic E-state index is 12.1. The van der Waals surface area contributed by atoms with Crippen LogP contribution < -0.4 is 4.90 Å². The summed E-state index contributed by atoms with van der Waals surface area (Å²) < 4.78 is 2.23. The minimum absolute atomic E-state index is 0.162. The van der Waals surface area contributed by atoms with Crippen molar-refractivity contribution in [2.24, 2.45) is 5.92 Å². The van der Waals surface area contributed by atoms with Crippen molar-refractivity contribution in [2.45, 2.75) is 19.5 Å². The first-order valence-corrected chi connectivity index (χ1v) is 7.49. The fourth-order valence-corrected chi connectivity index (χ4v) is 2.84. The zero-order valence-corrected chi connectivity index (χ0v) is 13.0. The minimum atomic E-state index is 0.162. The van der Waals surface area contributed by atoms with E-state index in [1.807, 2.05) is 6.07 Å². The molecule has 1 aliphatic heterocycles. The molecule has 0 fully saturated rings. The molecule has 22 heavy (non-hydrogen) atoms. The van der Waals surface area contributed by atoms with E-state index in [1.54, 1.807) is 31.4 Å². The van der Waals surface area contributed by atoms with E-state index in [4.69, 9.17) is 0 Å². The Labute approximate surface area is 130 Å². The van der Waals surface area contributed by atoms with Crippen LogP contribution in [0.3, 0.4) is 0 Å². The Balaban J connectivity index is 1.85. The first-order valence-electron chi connectivity index (χ1n) is 7.49. The summed E-state index contributed by atoms with van der Waals surface area (Å²) in [5.74, 6) is 1.13. The summed E-state index contributed by atoms with van der Waals surface area (Å²) in [6.07, 6.45) is 6.13. The van der Waals surface area contributed by atoms with Crippen LogP contribution in [0.25, 0.3) is 0 Å². The van der Waals surface area contributed by atoms with Crippen LogP contribution in [0.1, 0.15) is 12.1 Å². The quantitative estimate of drug-likeness (QED) is 0.859. The van der Waals surface area contributed by atoms with Gasteiger partial charge < -0.3 is 14.4 Å². The highest BCUT2D eigenvalue weighted by molar-refractivity contribution is 5.75. The van der Waals surface area contributed by atoms with Crippen molar-refractivity contribution in [3.8, 4) is 0 Å². The van der Waals surface area contributed by atoms with Gasteiger partial charge in [0, 0.05) is 63.8 Å². The van der Waals surface area contributed by atoms with E-state index in [9.17, 15) is 4.79 Å². The van der Waals surface area contributed by atoms with E-state index in [0.29, 0.717) is 6.42 Å². The van der Waals surface area contributed by atoms with Crippen molar-refractivity contribution < 1.29 is 4.79 Å². The smallest absolute Gasteiger partial charge is 0.225 e. The number of carbonyl (C=O) groups is 1. The Morgan fingerprint density at radius 2 is 2.05 bits per heavy atom. The summed E-state index contributed by atoms with van der Waals surface area (Å²) in [6, 6.07) is 5.98. The summed E-state index contributed by atoms with van der Waals surface area (Å²) in [6.45, 7) is 2.40. The molecule has 0 unspecified atom stereocenters. The number of hydrogen-bond donors (Lipinski definition) is 0. The van der Waals surface area contributed by atoms with Gasteiger partial charge in [0.2, 0.25) is 11.9 Å². The van der Waals surface area contributed by atoms with Crippen molar-refractivity contribution in [1.82, 2.24) is 19.4 Å². The average Bonchev–Trinajstić information content (AvgIpc) is 2.87. The molecule has 6 heteroatoms. The van der Waals surface area contributed by atoms with Crippen molar-refractivity contribution in [3.63, 3.8) is 0 Å². The van der Waals surface area contributed by atoms with Gasteiger partial charge in [-0.3, -0.25) is 4.79 Å². The number of amides is 1. The summed E-state index contributed by atoms with van der Waals surface area (Å²) in [7, 11) is 3.61. The molecule has 0 aromatic carbocycles. The van der Waals surface area contributed by atoms with Crippen LogP contribution in [0.15, 0.2) is 36.8 Å². The zero-order chi connectivity index (χ0) is 15.5. The van der Waals surface area contributed by atoms with Crippen LogP contribution >= 0.6 is 0 Å². The molecule has 0 radical (unpaired) electrons. The molecular formula is C16H21N5O. The van der Waals surface area contributed by atoms with E-state index >= 15 is 0 Å². The lowest BCUT2D eigenvalue weighted by atomic mass is 10.0. The molecule has 6 nitrogen and oxygen atoms in total. The monoisotopic (exact) mass is 299 g/mol. The molecule has 3 rings (SSSR count). The number of anilines is 1. The number of nitrogens with zero attached hydrogens (tertiary/aromatic N) is 5. The third-order valence-corrected chi connectivity index (χ3v) is 4.01. The van der Waals surface area contributed by atoms with Gasteiger partial charge in [-0.1, -0.05) is 0 Å². The molecule has 1 amide bonds. The molecule has 0 spiro atoms. The molecule has 1 atom stereocenters. The molecule has 1 aliphatic rings. The van der Waals surface area contributed by atoms with Crippen LogP contribution in [0.4, 0.5) is 5.95 Å². The summed E-state index contributed by atoms with van der Waals surface area (Å²) in [5, 5.41) is 0. The third kappa shape index (κ3) is 3.10. The molecule has 0 aliphatic carbocycles. The van der Waals surface area contributed by atoms with Crippen LogP contribution in [-0.4, -0.2) is 46.0 Å². The van der Waals surface area contributed by atoms with Crippen molar-refractivity contribution in [1.29, 1.82) is 0 Å². The lowest BCUT2D eigenvalue weighted by Gasteiger charge is -2.24. The zero-order valence-electron chi connectivity index (χ0n) is 13.0. The number of rotatable bonds is 3. The first-order chi connectivity index (χ1) is 10.6. The molecule has 2 aromatic heterocycles. The second-order valence-electron chi connectivity index (χ2n) is 5.94. The molecule has 2 aromatic rings. The highest BCUT2D eigenvalue weighted by Gasteiger charge is 2.25. The number of carbonyl (C=O) groups excluding carboxylic acids is 1. The van der Waals surface area contributed by atoms with Gasteiger partial charge in [-0.25, -0.2) is 9.97 Å². The third-order valence-electron chi connectivity index (χ3n) is 4.01. The Morgan fingerprint density at radius 1 is 1.27 bits per heavy atom. The lowest BCUT2D eigenvalue weighted by molar-refractivity contribution is -0.129.